The van der Waals surface area contributed by atoms with Crippen LogP contribution in [0.25, 0.3) is 11.4 Å². The molecule has 3 aromatic rings. The first-order valence-electron chi connectivity index (χ1n) is 11.7. The molecule has 4 rings (SSSR count). The van der Waals surface area contributed by atoms with E-state index >= 15 is 0 Å². The molecule has 1 N–H and O–H groups in total. The van der Waals surface area contributed by atoms with Gasteiger partial charge >= 0.3 is 0 Å². The summed E-state index contributed by atoms with van der Waals surface area (Å²) >= 11 is 5.94. The summed E-state index contributed by atoms with van der Waals surface area (Å²) in [6.45, 7) is 3.10. The number of tetrazole rings is 1. The van der Waals surface area contributed by atoms with E-state index in [1.165, 1.54) is 4.80 Å². The number of carbonyl (C=O) groups excluding carboxylic acids is 2. The fourth-order valence-electron chi connectivity index (χ4n) is 4.22. The fourth-order valence-corrected chi connectivity index (χ4v) is 4.35. The second-order valence-electron chi connectivity index (χ2n) is 8.52. The first-order valence-corrected chi connectivity index (χ1v) is 12.1. The Balaban J connectivity index is 1.31. The summed E-state index contributed by atoms with van der Waals surface area (Å²) in [7, 11) is 1.61. The van der Waals surface area contributed by atoms with Crippen LogP contribution in [0.4, 0.5) is 0 Å². The number of aromatic nitrogens is 4. The number of nitrogens with zero attached hydrogens (tertiary/aromatic N) is 5. The van der Waals surface area contributed by atoms with Crippen molar-refractivity contribution in [3.8, 4) is 17.1 Å². The minimum atomic E-state index is -0.561. The molecule has 2 aromatic carbocycles. The van der Waals surface area contributed by atoms with Crippen molar-refractivity contribution in [3.05, 3.63) is 59.1 Å². The molecule has 0 aliphatic carbocycles. The van der Waals surface area contributed by atoms with E-state index in [1.54, 1.807) is 19.2 Å². The lowest BCUT2D eigenvalue weighted by Gasteiger charge is -2.33. The van der Waals surface area contributed by atoms with Crippen LogP contribution < -0.4 is 10.1 Å². The summed E-state index contributed by atoms with van der Waals surface area (Å²) in [5.74, 6) is 1.07. The molecule has 184 valence electrons. The molecule has 2 heterocycles. The predicted octanol–water partition coefficient (Wildman–Crippen LogP) is 3.30. The monoisotopic (exact) mass is 496 g/mol. The number of para-hydroxylation sites is 1. The van der Waals surface area contributed by atoms with Gasteiger partial charge in [0.1, 0.15) is 5.75 Å². The lowest BCUT2D eigenvalue weighted by atomic mass is 10.0. The quantitative estimate of drug-likeness (QED) is 0.513. The lowest BCUT2D eigenvalue weighted by Crippen LogP contribution is -2.48. The molecule has 0 bridgehead atoms. The molecule has 1 fully saturated rings. The second kappa shape index (κ2) is 11.3. The minimum Gasteiger partial charge on any atom is -0.496 e. The van der Waals surface area contributed by atoms with Gasteiger partial charge in [-0.15, -0.1) is 10.2 Å². The number of methoxy groups -OCH3 is 1. The number of likely N-dealkylation sites (tertiary alicyclic amines) is 1. The van der Waals surface area contributed by atoms with Crippen LogP contribution in [0.5, 0.6) is 5.75 Å². The number of carbonyl (C=O) groups is 2. The highest BCUT2D eigenvalue weighted by Gasteiger charge is 2.28. The van der Waals surface area contributed by atoms with Crippen LogP contribution in [0.3, 0.4) is 0 Å². The first-order chi connectivity index (χ1) is 17.0. The van der Waals surface area contributed by atoms with Crippen LogP contribution >= 0.6 is 11.6 Å². The van der Waals surface area contributed by atoms with Crippen molar-refractivity contribution in [2.24, 2.45) is 0 Å². The second-order valence-corrected chi connectivity index (χ2v) is 8.95. The number of nitrogens with one attached hydrogen (secondary N) is 1. The van der Waals surface area contributed by atoms with Gasteiger partial charge in [0, 0.05) is 35.3 Å². The van der Waals surface area contributed by atoms with Gasteiger partial charge in [-0.1, -0.05) is 36.7 Å². The summed E-state index contributed by atoms with van der Waals surface area (Å²) in [6, 6.07) is 14.1. The first kappa shape index (κ1) is 24.7. The van der Waals surface area contributed by atoms with Gasteiger partial charge in [0.15, 0.2) is 6.04 Å². The third-order valence-electron chi connectivity index (χ3n) is 6.23. The Morgan fingerprint density at radius 3 is 2.54 bits per heavy atom. The molecule has 35 heavy (non-hydrogen) atoms. The summed E-state index contributed by atoms with van der Waals surface area (Å²) < 4.78 is 5.35. The van der Waals surface area contributed by atoms with E-state index < -0.39 is 6.04 Å². The maximum atomic E-state index is 13.0. The van der Waals surface area contributed by atoms with Gasteiger partial charge in [0.2, 0.25) is 17.6 Å². The van der Waals surface area contributed by atoms with Crippen molar-refractivity contribution in [1.29, 1.82) is 0 Å². The topological polar surface area (TPSA) is 102 Å². The Morgan fingerprint density at radius 1 is 1.14 bits per heavy atom. The Kier molecular flexibility index (Phi) is 7.97. The molecule has 10 heteroatoms. The number of halogens is 1. The predicted molar refractivity (Wildman–Crippen MR) is 132 cm³/mol. The molecule has 0 spiro atoms. The SMILES string of the molecule is CCC(C(=O)NC1CCN(C(=O)Cc2ccccc2OC)CC1)n1nnc(-c2ccc(Cl)cc2)n1. The zero-order valence-corrected chi connectivity index (χ0v) is 20.6. The number of piperidine rings is 1. The number of rotatable bonds is 8. The molecule has 2 amide bonds. The smallest absolute Gasteiger partial charge is 0.247 e. The van der Waals surface area contributed by atoms with Gasteiger partial charge in [-0.2, -0.15) is 4.80 Å². The standard InChI is InChI=1S/C25H29ClN6O3/c1-3-21(32-29-24(28-30-32)17-8-10-19(26)11-9-17)25(34)27-20-12-14-31(15-13-20)23(33)16-18-6-4-5-7-22(18)35-2/h4-11,20-21H,3,12-16H2,1-2H3,(H,27,34). The molecular weight excluding hydrogens is 468 g/mol. The van der Waals surface area contributed by atoms with E-state index in [0.717, 1.165) is 16.9 Å². The van der Waals surface area contributed by atoms with Crippen LogP contribution in [-0.4, -0.2) is 63.2 Å². The van der Waals surface area contributed by atoms with Gasteiger partial charge in [0.05, 0.1) is 13.5 Å². The highest BCUT2D eigenvalue weighted by Crippen LogP contribution is 2.21. The number of hydrogen-bond donors (Lipinski definition) is 1. The normalized spacial score (nSPS) is 15.0. The molecule has 1 atom stereocenters. The summed E-state index contributed by atoms with van der Waals surface area (Å²) in [6.07, 6.45) is 2.21. The zero-order chi connectivity index (χ0) is 24.8. The third kappa shape index (κ3) is 5.97. The highest BCUT2D eigenvalue weighted by molar-refractivity contribution is 6.30. The van der Waals surface area contributed by atoms with Crippen molar-refractivity contribution in [2.75, 3.05) is 20.2 Å². The van der Waals surface area contributed by atoms with E-state index in [0.29, 0.717) is 49.6 Å². The van der Waals surface area contributed by atoms with Gasteiger partial charge in [0.25, 0.3) is 0 Å². The van der Waals surface area contributed by atoms with Crippen LogP contribution in [-0.2, 0) is 16.0 Å². The minimum absolute atomic E-state index is 0.00822. The number of benzene rings is 2. The van der Waals surface area contributed by atoms with Gasteiger partial charge in [-0.3, -0.25) is 9.59 Å². The summed E-state index contributed by atoms with van der Waals surface area (Å²) in [4.78, 5) is 29.0. The largest absolute Gasteiger partial charge is 0.496 e. The maximum absolute atomic E-state index is 13.0. The van der Waals surface area contributed by atoms with E-state index in [-0.39, 0.29) is 17.9 Å². The average molecular weight is 497 g/mol. The molecule has 1 aliphatic rings. The molecule has 1 saturated heterocycles. The molecule has 1 aromatic heterocycles. The van der Waals surface area contributed by atoms with E-state index in [2.05, 4.69) is 20.7 Å². The Morgan fingerprint density at radius 2 is 1.86 bits per heavy atom. The Hall–Kier alpha value is -3.46. The molecule has 0 radical (unpaired) electrons. The highest BCUT2D eigenvalue weighted by atomic mass is 35.5. The van der Waals surface area contributed by atoms with Crippen molar-refractivity contribution in [3.63, 3.8) is 0 Å². The molecule has 1 aliphatic heterocycles. The van der Waals surface area contributed by atoms with Crippen LogP contribution in [0.2, 0.25) is 5.02 Å². The van der Waals surface area contributed by atoms with E-state index in [9.17, 15) is 9.59 Å². The van der Waals surface area contributed by atoms with E-state index in [1.807, 2.05) is 48.2 Å². The molecule has 1 unspecified atom stereocenters. The fraction of sp³-hybridized carbons (Fsp3) is 0.400. The van der Waals surface area contributed by atoms with Crippen molar-refractivity contribution >= 4 is 23.4 Å². The zero-order valence-electron chi connectivity index (χ0n) is 19.9. The van der Waals surface area contributed by atoms with Gasteiger partial charge in [-0.05, 0) is 54.8 Å². The van der Waals surface area contributed by atoms with Crippen molar-refractivity contribution in [1.82, 2.24) is 30.4 Å². The number of ether oxygens (including phenoxy) is 1. The lowest BCUT2D eigenvalue weighted by molar-refractivity contribution is -0.131. The Labute approximate surface area is 209 Å². The average Bonchev–Trinajstić information content (AvgIpc) is 3.35. The third-order valence-corrected chi connectivity index (χ3v) is 6.48. The Bertz CT molecular complexity index is 1160. The van der Waals surface area contributed by atoms with Crippen molar-refractivity contribution in [2.45, 2.75) is 44.7 Å². The summed E-state index contributed by atoms with van der Waals surface area (Å²) in [5.41, 5.74) is 1.65. The van der Waals surface area contributed by atoms with Crippen molar-refractivity contribution < 1.29 is 14.3 Å². The van der Waals surface area contributed by atoms with Gasteiger partial charge in [-0.25, -0.2) is 0 Å². The number of amides is 2. The molecular formula is C25H29ClN6O3. The van der Waals surface area contributed by atoms with Crippen LogP contribution in [0.1, 0.15) is 37.8 Å². The van der Waals surface area contributed by atoms with Crippen LogP contribution in [0, 0.1) is 0 Å². The summed E-state index contributed by atoms with van der Waals surface area (Å²) in [5, 5.41) is 16.4. The number of hydrogen-bond acceptors (Lipinski definition) is 6. The van der Waals surface area contributed by atoms with E-state index in [4.69, 9.17) is 16.3 Å². The maximum Gasteiger partial charge on any atom is 0.247 e. The van der Waals surface area contributed by atoms with Gasteiger partial charge < -0.3 is 15.0 Å². The van der Waals surface area contributed by atoms with Crippen LogP contribution in [0.15, 0.2) is 48.5 Å². The molecule has 0 saturated carbocycles. The molecule has 9 nitrogen and oxygen atoms in total.